The quantitative estimate of drug-likeness (QED) is 0.872. The van der Waals surface area contributed by atoms with Crippen LogP contribution in [-0.4, -0.2) is 29.1 Å². The minimum absolute atomic E-state index is 0.479. The molecule has 21 heavy (non-hydrogen) atoms. The summed E-state index contributed by atoms with van der Waals surface area (Å²) in [5, 5.41) is 3.37. The zero-order valence-electron chi connectivity index (χ0n) is 13.8. The van der Waals surface area contributed by atoms with Crippen molar-refractivity contribution in [3.63, 3.8) is 0 Å². The van der Waals surface area contributed by atoms with Crippen LogP contribution < -0.4 is 10.2 Å². The van der Waals surface area contributed by atoms with E-state index in [1.165, 1.54) is 32.1 Å². The molecule has 1 unspecified atom stereocenters. The van der Waals surface area contributed by atoms with Crippen molar-refractivity contribution in [1.82, 2.24) is 15.3 Å². The zero-order chi connectivity index (χ0) is 15.1. The van der Waals surface area contributed by atoms with Gasteiger partial charge in [-0.2, -0.15) is 0 Å². The molecule has 0 amide bonds. The van der Waals surface area contributed by atoms with Gasteiger partial charge in [0.2, 0.25) is 0 Å². The van der Waals surface area contributed by atoms with Gasteiger partial charge >= 0.3 is 0 Å². The molecule has 0 radical (unpaired) electrons. The Morgan fingerprint density at radius 1 is 1.24 bits per heavy atom. The third-order valence-electron chi connectivity index (χ3n) is 4.25. The highest BCUT2D eigenvalue weighted by Crippen LogP contribution is 2.24. The number of rotatable bonds is 6. The van der Waals surface area contributed by atoms with Gasteiger partial charge < -0.3 is 10.2 Å². The average Bonchev–Trinajstić information content (AvgIpc) is 2.72. The SMILES string of the molecule is CCCC1CCCN(c2cnc(CNC(C)C)cn2)CC1. The molecule has 1 atom stereocenters. The van der Waals surface area contributed by atoms with Crippen molar-refractivity contribution in [2.24, 2.45) is 5.92 Å². The van der Waals surface area contributed by atoms with E-state index in [4.69, 9.17) is 0 Å². The van der Waals surface area contributed by atoms with Gasteiger partial charge in [-0.15, -0.1) is 0 Å². The van der Waals surface area contributed by atoms with E-state index in [1.54, 1.807) is 0 Å². The number of hydrogen-bond acceptors (Lipinski definition) is 4. The molecule has 0 spiro atoms. The molecule has 0 saturated carbocycles. The molecular formula is C17H30N4. The molecule has 0 aromatic carbocycles. The molecule has 2 rings (SSSR count). The smallest absolute Gasteiger partial charge is 0.147 e. The highest BCUT2D eigenvalue weighted by molar-refractivity contribution is 5.35. The summed E-state index contributed by atoms with van der Waals surface area (Å²) in [6.07, 6.45) is 10.5. The van der Waals surface area contributed by atoms with Crippen molar-refractivity contribution >= 4 is 5.82 Å². The Balaban J connectivity index is 1.89. The lowest BCUT2D eigenvalue weighted by Gasteiger charge is -2.21. The van der Waals surface area contributed by atoms with Gasteiger partial charge in [-0.05, 0) is 25.2 Å². The maximum atomic E-state index is 4.62. The van der Waals surface area contributed by atoms with Gasteiger partial charge in [-0.25, -0.2) is 4.98 Å². The molecule has 1 N–H and O–H groups in total. The van der Waals surface area contributed by atoms with Gasteiger partial charge in [-0.3, -0.25) is 4.98 Å². The summed E-state index contributed by atoms with van der Waals surface area (Å²) in [4.78, 5) is 11.6. The van der Waals surface area contributed by atoms with E-state index in [2.05, 4.69) is 41.0 Å². The van der Waals surface area contributed by atoms with Gasteiger partial charge in [0.15, 0.2) is 0 Å². The molecule has 1 aromatic heterocycles. The first-order valence-electron chi connectivity index (χ1n) is 8.48. The topological polar surface area (TPSA) is 41.1 Å². The third-order valence-corrected chi connectivity index (χ3v) is 4.25. The van der Waals surface area contributed by atoms with Crippen LogP contribution >= 0.6 is 0 Å². The Bertz CT molecular complexity index is 402. The molecule has 4 heteroatoms. The Kier molecular flexibility index (Phi) is 6.43. The van der Waals surface area contributed by atoms with Crippen LogP contribution in [-0.2, 0) is 6.54 Å². The van der Waals surface area contributed by atoms with Crippen LogP contribution in [0.1, 0.15) is 58.6 Å². The second-order valence-corrected chi connectivity index (χ2v) is 6.47. The van der Waals surface area contributed by atoms with Gasteiger partial charge in [0.25, 0.3) is 0 Å². The monoisotopic (exact) mass is 290 g/mol. The Morgan fingerprint density at radius 3 is 2.76 bits per heavy atom. The number of aromatic nitrogens is 2. The molecule has 2 heterocycles. The molecule has 1 fully saturated rings. The maximum absolute atomic E-state index is 4.62. The molecule has 1 saturated heterocycles. The molecule has 4 nitrogen and oxygen atoms in total. The van der Waals surface area contributed by atoms with Crippen molar-refractivity contribution in [2.45, 2.75) is 65.5 Å². The number of hydrogen-bond donors (Lipinski definition) is 1. The molecular weight excluding hydrogens is 260 g/mol. The van der Waals surface area contributed by atoms with Crippen molar-refractivity contribution in [1.29, 1.82) is 0 Å². The fraction of sp³-hybridized carbons (Fsp3) is 0.765. The van der Waals surface area contributed by atoms with Gasteiger partial charge in [-0.1, -0.05) is 33.6 Å². The molecule has 1 aliphatic heterocycles. The molecule has 1 aromatic rings. The van der Waals surface area contributed by atoms with Gasteiger partial charge in [0, 0.05) is 25.7 Å². The second-order valence-electron chi connectivity index (χ2n) is 6.47. The highest BCUT2D eigenvalue weighted by atomic mass is 15.2. The van der Waals surface area contributed by atoms with Crippen molar-refractivity contribution in [3.05, 3.63) is 18.1 Å². The third kappa shape index (κ3) is 5.27. The predicted octanol–water partition coefficient (Wildman–Crippen LogP) is 3.38. The van der Waals surface area contributed by atoms with Gasteiger partial charge in [0.1, 0.15) is 5.82 Å². The Labute approximate surface area is 129 Å². The minimum atomic E-state index is 0.479. The van der Waals surface area contributed by atoms with E-state index in [0.29, 0.717) is 6.04 Å². The summed E-state index contributed by atoms with van der Waals surface area (Å²) >= 11 is 0. The first-order chi connectivity index (χ1) is 10.2. The predicted molar refractivity (Wildman–Crippen MR) is 88.5 cm³/mol. The molecule has 118 valence electrons. The van der Waals surface area contributed by atoms with Crippen LogP contribution in [0.3, 0.4) is 0 Å². The molecule has 1 aliphatic rings. The molecule has 0 aliphatic carbocycles. The van der Waals surface area contributed by atoms with E-state index < -0.39 is 0 Å². The number of nitrogens with one attached hydrogen (secondary N) is 1. The minimum Gasteiger partial charge on any atom is -0.355 e. The lowest BCUT2D eigenvalue weighted by molar-refractivity contribution is 0.435. The Hall–Kier alpha value is -1.16. The van der Waals surface area contributed by atoms with Crippen LogP contribution in [0.5, 0.6) is 0 Å². The van der Waals surface area contributed by atoms with Crippen LogP contribution in [0.4, 0.5) is 5.82 Å². The maximum Gasteiger partial charge on any atom is 0.147 e. The first-order valence-corrected chi connectivity index (χ1v) is 8.48. The van der Waals surface area contributed by atoms with E-state index >= 15 is 0 Å². The van der Waals surface area contributed by atoms with Crippen LogP contribution in [0.25, 0.3) is 0 Å². The summed E-state index contributed by atoms with van der Waals surface area (Å²) < 4.78 is 0. The summed E-state index contributed by atoms with van der Waals surface area (Å²) in [5.41, 5.74) is 1.02. The van der Waals surface area contributed by atoms with E-state index in [9.17, 15) is 0 Å². The molecule has 0 bridgehead atoms. The number of anilines is 1. The van der Waals surface area contributed by atoms with Crippen molar-refractivity contribution in [2.75, 3.05) is 18.0 Å². The Morgan fingerprint density at radius 2 is 2.10 bits per heavy atom. The van der Waals surface area contributed by atoms with Crippen LogP contribution in [0.15, 0.2) is 12.4 Å². The van der Waals surface area contributed by atoms with Crippen molar-refractivity contribution in [3.8, 4) is 0 Å². The van der Waals surface area contributed by atoms with Gasteiger partial charge in [0.05, 0.1) is 18.1 Å². The van der Waals surface area contributed by atoms with Crippen LogP contribution in [0.2, 0.25) is 0 Å². The summed E-state index contributed by atoms with van der Waals surface area (Å²) in [6.45, 7) is 9.63. The normalized spacial score (nSPS) is 19.8. The van der Waals surface area contributed by atoms with E-state index in [-0.39, 0.29) is 0 Å². The summed E-state index contributed by atoms with van der Waals surface area (Å²) in [7, 11) is 0. The van der Waals surface area contributed by atoms with E-state index in [0.717, 1.165) is 37.1 Å². The lowest BCUT2D eigenvalue weighted by atomic mass is 9.96. The summed E-state index contributed by atoms with van der Waals surface area (Å²) in [5.74, 6) is 1.95. The van der Waals surface area contributed by atoms with Crippen LogP contribution in [0, 0.1) is 5.92 Å². The lowest BCUT2D eigenvalue weighted by Crippen LogP contribution is -2.26. The van der Waals surface area contributed by atoms with Crippen molar-refractivity contribution < 1.29 is 0 Å². The highest BCUT2D eigenvalue weighted by Gasteiger charge is 2.17. The second kappa shape index (κ2) is 8.32. The standard InChI is InChI=1S/C17H30N4/c1-4-6-15-7-5-9-21(10-8-15)17-13-19-16(12-20-17)11-18-14(2)3/h12-15,18H,4-11H2,1-3H3. The number of nitrogens with zero attached hydrogens (tertiary/aromatic N) is 3. The summed E-state index contributed by atoms with van der Waals surface area (Å²) in [6, 6.07) is 0.479. The largest absolute Gasteiger partial charge is 0.355 e. The first kappa shape index (κ1) is 16.2. The van der Waals surface area contributed by atoms with E-state index in [1.807, 2.05) is 12.4 Å². The fourth-order valence-electron chi connectivity index (χ4n) is 3.00. The average molecular weight is 290 g/mol. The fourth-order valence-corrected chi connectivity index (χ4v) is 3.00. The zero-order valence-corrected chi connectivity index (χ0v) is 13.8.